The molecule has 0 fully saturated rings. The van der Waals surface area contributed by atoms with E-state index in [0.29, 0.717) is 11.3 Å². The molecule has 0 spiro atoms. The number of ether oxygens (including phenoxy) is 2. The summed E-state index contributed by atoms with van der Waals surface area (Å²) in [7, 11) is 2.83. The number of methoxy groups -OCH3 is 2. The summed E-state index contributed by atoms with van der Waals surface area (Å²) in [6, 6.07) is 5.97. The van der Waals surface area contributed by atoms with Crippen LogP contribution < -0.4 is 4.74 Å². The Hall–Kier alpha value is -1.60. The Morgan fingerprint density at radius 1 is 1.36 bits per heavy atom. The Labute approximate surface area is 81.7 Å². The van der Waals surface area contributed by atoms with Gasteiger partial charge in [-0.2, -0.15) is 5.26 Å². The highest BCUT2D eigenvalue weighted by atomic mass is 19.1. The maximum absolute atomic E-state index is 13.0. The minimum absolute atomic E-state index is 0.373. The van der Waals surface area contributed by atoms with E-state index in [4.69, 9.17) is 14.7 Å². The molecule has 0 bridgehead atoms. The molecule has 0 aliphatic rings. The zero-order chi connectivity index (χ0) is 10.6. The summed E-state index contributed by atoms with van der Waals surface area (Å²) < 4.78 is 22.7. The number of nitriles is 1. The quantitative estimate of drug-likeness (QED) is 0.741. The largest absolute Gasteiger partial charge is 0.497 e. The van der Waals surface area contributed by atoms with Crippen LogP contribution in [0, 0.1) is 17.1 Å². The predicted molar refractivity (Wildman–Crippen MR) is 48.3 cm³/mol. The number of nitrogens with zero attached hydrogens (tertiary/aromatic N) is 1. The van der Waals surface area contributed by atoms with E-state index in [1.165, 1.54) is 26.4 Å². The molecule has 1 aromatic carbocycles. The number of benzene rings is 1. The molecule has 0 N–H and O–H groups in total. The maximum atomic E-state index is 13.0. The van der Waals surface area contributed by atoms with E-state index >= 15 is 0 Å². The third-order valence-corrected chi connectivity index (χ3v) is 1.79. The first kappa shape index (κ1) is 10.5. The van der Waals surface area contributed by atoms with Crippen LogP contribution in [0.1, 0.15) is 11.7 Å². The fraction of sp³-hybridized carbons (Fsp3) is 0.300. The standard InChI is InChI=1S/C10H10FNO2/c1-13-9-4-7(3-8(11)5-9)10(6-12)14-2/h3-5,10H,1-2H3. The molecule has 0 aliphatic carbocycles. The molecule has 4 heteroatoms. The monoisotopic (exact) mass is 195 g/mol. The molecule has 74 valence electrons. The topological polar surface area (TPSA) is 42.2 Å². The summed E-state index contributed by atoms with van der Waals surface area (Å²) in [5.74, 6) is -0.0750. The Kier molecular flexibility index (Phi) is 3.43. The van der Waals surface area contributed by atoms with Crippen LogP contribution in [0.15, 0.2) is 18.2 Å². The number of rotatable bonds is 3. The van der Waals surface area contributed by atoms with E-state index in [1.54, 1.807) is 6.07 Å². The van der Waals surface area contributed by atoms with E-state index in [1.807, 2.05) is 6.07 Å². The van der Waals surface area contributed by atoms with Crippen molar-refractivity contribution in [3.8, 4) is 11.8 Å². The van der Waals surface area contributed by atoms with Crippen LogP contribution in [0.3, 0.4) is 0 Å². The summed E-state index contributed by atoms with van der Waals surface area (Å²) in [5.41, 5.74) is 0.451. The molecule has 0 radical (unpaired) electrons. The fourth-order valence-corrected chi connectivity index (χ4v) is 1.12. The number of hydrogen-bond acceptors (Lipinski definition) is 3. The van der Waals surface area contributed by atoms with Crippen LogP contribution in [-0.4, -0.2) is 14.2 Å². The number of hydrogen-bond donors (Lipinski definition) is 0. The summed E-state index contributed by atoms with van der Waals surface area (Å²) in [5, 5.41) is 8.70. The van der Waals surface area contributed by atoms with Crippen molar-refractivity contribution in [2.45, 2.75) is 6.10 Å². The van der Waals surface area contributed by atoms with Gasteiger partial charge in [-0.3, -0.25) is 0 Å². The van der Waals surface area contributed by atoms with Crippen molar-refractivity contribution in [3.05, 3.63) is 29.6 Å². The minimum Gasteiger partial charge on any atom is -0.497 e. The zero-order valence-corrected chi connectivity index (χ0v) is 7.95. The molecular weight excluding hydrogens is 185 g/mol. The second-order valence-electron chi connectivity index (χ2n) is 2.67. The van der Waals surface area contributed by atoms with Crippen molar-refractivity contribution in [1.29, 1.82) is 5.26 Å². The van der Waals surface area contributed by atoms with Gasteiger partial charge in [0.15, 0.2) is 6.10 Å². The van der Waals surface area contributed by atoms with Gasteiger partial charge in [-0.15, -0.1) is 0 Å². The normalized spacial score (nSPS) is 11.9. The lowest BCUT2D eigenvalue weighted by atomic mass is 10.1. The molecule has 3 nitrogen and oxygen atoms in total. The summed E-state index contributed by atoms with van der Waals surface area (Å²) in [6.45, 7) is 0. The summed E-state index contributed by atoms with van der Waals surface area (Å²) in [4.78, 5) is 0. The van der Waals surface area contributed by atoms with Gasteiger partial charge < -0.3 is 9.47 Å². The van der Waals surface area contributed by atoms with Crippen LogP contribution in [-0.2, 0) is 4.74 Å². The molecule has 0 heterocycles. The van der Waals surface area contributed by atoms with Crippen molar-refractivity contribution in [3.63, 3.8) is 0 Å². The van der Waals surface area contributed by atoms with Gasteiger partial charge in [0.1, 0.15) is 11.6 Å². The summed E-state index contributed by atoms with van der Waals surface area (Å²) >= 11 is 0. The highest BCUT2D eigenvalue weighted by Gasteiger charge is 2.11. The van der Waals surface area contributed by atoms with Gasteiger partial charge >= 0.3 is 0 Å². The highest BCUT2D eigenvalue weighted by molar-refractivity contribution is 5.33. The molecule has 0 saturated carbocycles. The third kappa shape index (κ3) is 2.21. The maximum Gasteiger partial charge on any atom is 0.168 e. The molecule has 14 heavy (non-hydrogen) atoms. The molecule has 0 saturated heterocycles. The third-order valence-electron chi connectivity index (χ3n) is 1.79. The van der Waals surface area contributed by atoms with Crippen LogP contribution in [0.2, 0.25) is 0 Å². The van der Waals surface area contributed by atoms with Gasteiger partial charge in [-0.25, -0.2) is 4.39 Å². The van der Waals surface area contributed by atoms with Crippen molar-refractivity contribution in [1.82, 2.24) is 0 Å². The second kappa shape index (κ2) is 4.58. The minimum atomic E-state index is -0.764. The Balaban J connectivity index is 3.09. The fourth-order valence-electron chi connectivity index (χ4n) is 1.12. The van der Waals surface area contributed by atoms with Crippen LogP contribution in [0.4, 0.5) is 4.39 Å². The molecule has 1 unspecified atom stereocenters. The van der Waals surface area contributed by atoms with Crippen LogP contribution in [0.25, 0.3) is 0 Å². The SMILES string of the molecule is COc1cc(F)cc(C(C#N)OC)c1. The van der Waals surface area contributed by atoms with E-state index in [0.717, 1.165) is 0 Å². The van der Waals surface area contributed by atoms with E-state index in [9.17, 15) is 4.39 Å². The first-order valence-corrected chi connectivity index (χ1v) is 3.98. The zero-order valence-electron chi connectivity index (χ0n) is 7.95. The molecule has 0 aliphatic heterocycles. The molecule has 0 amide bonds. The number of halogens is 1. The van der Waals surface area contributed by atoms with Crippen LogP contribution in [0.5, 0.6) is 5.75 Å². The highest BCUT2D eigenvalue weighted by Crippen LogP contribution is 2.22. The van der Waals surface area contributed by atoms with Crippen molar-refractivity contribution < 1.29 is 13.9 Å². The Bertz CT molecular complexity index is 360. The van der Waals surface area contributed by atoms with Gasteiger partial charge in [-0.1, -0.05) is 0 Å². The first-order valence-electron chi connectivity index (χ1n) is 3.98. The molecule has 1 aromatic rings. The lowest BCUT2D eigenvalue weighted by Crippen LogP contribution is -1.99. The van der Waals surface area contributed by atoms with Crippen LogP contribution >= 0.6 is 0 Å². The van der Waals surface area contributed by atoms with Crippen molar-refractivity contribution >= 4 is 0 Å². The van der Waals surface area contributed by atoms with Gasteiger partial charge in [0.05, 0.1) is 13.2 Å². The van der Waals surface area contributed by atoms with E-state index in [-0.39, 0.29) is 0 Å². The summed E-state index contributed by atoms with van der Waals surface area (Å²) in [6.07, 6.45) is -0.764. The average Bonchev–Trinajstić information content (AvgIpc) is 2.19. The van der Waals surface area contributed by atoms with Gasteiger partial charge in [-0.05, 0) is 12.1 Å². The van der Waals surface area contributed by atoms with E-state index in [2.05, 4.69) is 0 Å². The Morgan fingerprint density at radius 3 is 2.57 bits per heavy atom. The molecule has 1 atom stereocenters. The first-order chi connectivity index (χ1) is 6.71. The van der Waals surface area contributed by atoms with Crippen molar-refractivity contribution in [2.24, 2.45) is 0 Å². The lowest BCUT2D eigenvalue weighted by molar-refractivity contribution is 0.148. The molecule has 1 rings (SSSR count). The second-order valence-corrected chi connectivity index (χ2v) is 2.67. The van der Waals surface area contributed by atoms with Gasteiger partial charge in [0.25, 0.3) is 0 Å². The van der Waals surface area contributed by atoms with Gasteiger partial charge in [0.2, 0.25) is 0 Å². The van der Waals surface area contributed by atoms with Gasteiger partial charge in [0, 0.05) is 18.7 Å². The molecular formula is C10H10FNO2. The average molecular weight is 195 g/mol. The smallest absolute Gasteiger partial charge is 0.168 e. The molecule has 0 aromatic heterocycles. The lowest BCUT2D eigenvalue weighted by Gasteiger charge is -2.08. The predicted octanol–water partition coefficient (Wildman–Crippen LogP) is 2.05. The Morgan fingerprint density at radius 2 is 2.07 bits per heavy atom. The van der Waals surface area contributed by atoms with Crippen molar-refractivity contribution in [2.75, 3.05) is 14.2 Å². The van der Waals surface area contributed by atoms with E-state index < -0.39 is 11.9 Å².